The first kappa shape index (κ1) is 8.97. The van der Waals surface area contributed by atoms with Gasteiger partial charge in [0.05, 0.1) is 5.60 Å². The van der Waals surface area contributed by atoms with Crippen LogP contribution in [0.1, 0.15) is 13.8 Å². The number of fused-ring (bicyclic) bond motifs is 2. The van der Waals surface area contributed by atoms with E-state index in [0.29, 0.717) is 12.5 Å². The second kappa shape index (κ2) is 2.73. The molecule has 1 unspecified atom stereocenters. The van der Waals surface area contributed by atoms with Crippen molar-refractivity contribution in [2.75, 3.05) is 26.2 Å². The van der Waals surface area contributed by atoms with Gasteiger partial charge in [0.15, 0.2) is 0 Å². The highest BCUT2D eigenvalue weighted by molar-refractivity contribution is 5.02. The van der Waals surface area contributed by atoms with E-state index in [1.54, 1.807) is 0 Å². The van der Waals surface area contributed by atoms with Gasteiger partial charge in [0, 0.05) is 25.6 Å². The maximum absolute atomic E-state index is 9.82. The van der Waals surface area contributed by atoms with E-state index >= 15 is 0 Å². The molecule has 11 heavy (non-hydrogen) atoms. The molecule has 0 aromatic heterocycles. The molecule has 0 aliphatic carbocycles. The lowest BCUT2D eigenvalue weighted by Crippen LogP contribution is -2.48. The summed E-state index contributed by atoms with van der Waals surface area (Å²) in [7, 11) is 0. The first-order valence-electron chi connectivity index (χ1n) is 3.89. The van der Waals surface area contributed by atoms with E-state index in [-0.39, 0.29) is 7.43 Å². The number of rotatable bonds is 1. The van der Waals surface area contributed by atoms with E-state index in [4.69, 9.17) is 5.73 Å². The van der Waals surface area contributed by atoms with Crippen molar-refractivity contribution in [3.63, 3.8) is 0 Å². The number of hydrogen-bond acceptors (Lipinski definition) is 3. The molecular weight excluding hydrogens is 140 g/mol. The van der Waals surface area contributed by atoms with Gasteiger partial charge in [0.1, 0.15) is 0 Å². The Morgan fingerprint density at radius 1 is 1.64 bits per heavy atom. The Bertz CT molecular complexity index is 151. The minimum Gasteiger partial charge on any atom is -0.387 e. The minimum absolute atomic E-state index is 0. The zero-order valence-corrected chi connectivity index (χ0v) is 6.08. The lowest BCUT2D eigenvalue weighted by atomic mass is 9.88. The molecule has 0 saturated carbocycles. The van der Waals surface area contributed by atoms with E-state index < -0.39 is 5.60 Å². The highest BCUT2D eigenvalue weighted by atomic mass is 16.3. The molecule has 3 N–H and O–H groups in total. The molecule has 2 rings (SSSR count). The molecule has 2 aliphatic heterocycles. The largest absolute Gasteiger partial charge is 0.387 e. The number of piperidine rings is 1. The summed E-state index contributed by atoms with van der Waals surface area (Å²) in [6.45, 7) is 3.45. The van der Waals surface area contributed by atoms with Crippen LogP contribution in [0.25, 0.3) is 0 Å². The molecule has 2 bridgehead atoms. The fourth-order valence-corrected chi connectivity index (χ4v) is 2.16. The van der Waals surface area contributed by atoms with Gasteiger partial charge in [-0.1, -0.05) is 7.43 Å². The summed E-state index contributed by atoms with van der Waals surface area (Å²) in [4.78, 5) is 2.29. The van der Waals surface area contributed by atoms with Crippen molar-refractivity contribution in [3.8, 4) is 0 Å². The minimum atomic E-state index is -0.543. The molecule has 2 fully saturated rings. The summed E-state index contributed by atoms with van der Waals surface area (Å²) in [6.07, 6.45) is 1.13. The summed E-state index contributed by atoms with van der Waals surface area (Å²) < 4.78 is 0. The van der Waals surface area contributed by atoms with Crippen molar-refractivity contribution >= 4 is 0 Å². The number of nitrogens with zero attached hydrogens (tertiary/aromatic N) is 1. The van der Waals surface area contributed by atoms with Gasteiger partial charge in [-0.05, 0) is 13.0 Å². The quantitative estimate of drug-likeness (QED) is 0.548. The standard InChI is InChI=1S/C7H14N2O.CH4/c8-4-7(10)5-9-2-1-6(7)3-9;/h6,10H,1-5,8H2;1H4/t6-,7+;/m1./s1. The maximum Gasteiger partial charge on any atom is 0.0936 e. The number of nitrogens with two attached hydrogens (primary N) is 1. The number of hydrogen-bond donors (Lipinski definition) is 2. The van der Waals surface area contributed by atoms with Crippen LogP contribution in [0.2, 0.25) is 0 Å². The smallest absolute Gasteiger partial charge is 0.0936 e. The lowest BCUT2D eigenvalue weighted by Gasteiger charge is -2.30. The monoisotopic (exact) mass is 158 g/mol. The first-order valence-corrected chi connectivity index (χ1v) is 3.89. The van der Waals surface area contributed by atoms with Crippen LogP contribution in [0.4, 0.5) is 0 Å². The topological polar surface area (TPSA) is 49.5 Å². The fourth-order valence-electron chi connectivity index (χ4n) is 2.16. The van der Waals surface area contributed by atoms with Gasteiger partial charge in [0.25, 0.3) is 0 Å². The van der Waals surface area contributed by atoms with Gasteiger partial charge in [0.2, 0.25) is 0 Å². The van der Waals surface area contributed by atoms with Crippen LogP contribution in [-0.2, 0) is 0 Å². The van der Waals surface area contributed by atoms with Gasteiger partial charge in [-0.2, -0.15) is 0 Å². The average molecular weight is 158 g/mol. The molecule has 0 radical (unpaired) electrons. The molecule has 0 spiro atoms. The molecule has 2 saturated heterocycles. The Hall–Kier alpha value is -0.120. The zero-order valence-electron chi connectivity index (χ0n) is 6.08. The summed E-state index contributed by atoms with van der Waals surface area (Å²) in [5.41, 5.74) is 4.93. The fraction of sp³-hybridized carbons (Fsp3) is 1.00. The van der Waals surface area contributed by atoms with Crippen molar-refractivity contribution in [1.82, 2.24) is 4.90 Å². The zero-order chi connectivity index (χ0) is 7.19. The first-order chi connectivity index (χ1) is 4.74. The van der Waals surface area contributed by atoms with E-state index in [9.17, 15) is 5.11 Å². The van der Waals surface area contributed by atoms with Crippen LogP contribution < -0.4 is 5.73 Å². The van der Waals surface area contributed by atoms with Crippen molar-refractivity contribution in [2.24, 2.45) is 11.7 Å². The lowest BCUT2D eigenvalue weighted by molar-refractivity contribution is 0.00354. The van der Waals surface area contributed by atoms with Crippen molar-refractivity contribution in [3.05, 3.63) is 0 Å². The summed E-state index contributed by atoms with van der Waals surface area (Å²) >= 11 is 0. The molecule has 0 amide bonds. The predicted octanol–water partition coefficient (Wildman–Crippen LogP) is -0.352. The van der Waals surface area contributed by atoms with Gasteiger partial charge in [-0.3, -0.25) is 0 Å². The molecule has 66 valence electrons. The molecule has 3 atom stereocenters. The Labute approximate surface area is 68.2 Å². The van der Waals surface area contributed by atoms with E-state index in [1.807, 2.05) is 0 Å². The molecule has 3 heteroatoms. The molecular formula is C8H18N2O. The van der Waals surface area contributed by atoms with Gasteiger partial charge >= 0.3 is 0 Å². The summed E-state index contributed by atoms with van der Waals surface area (Å²) in [5, 5.41) is 9.82. The molecule has 0 aromatic carbocycles. The predicted molar refractivity (Wildman–Crippen MR) is 45.3 cm³/mol. The van der Waals surface area contributed by atoms with Gasteiger partial charge in [-0.25, -0.2) is 0 Å². The summed E-state index contributed by atoms with van der Waals surface area (Å²) in [6, 6.07) is 0. The van der Waals surface area contributed by atoms with Crippen LogP contribution in [0.3, 0.4) is 0 Å². The molecule has 0 aromatic rings. The highest BCUT2D eigenvalue weighted by Gasteiger charge is 2.47. The second-order valence-corrected chi connectivity index (χ2v) is 3.53. The van der Waals surface area contributed by atoms with E-state index in [0.717, 1.165) is 26.1 Å². The van der Waals surface area contributed by atoms with Crippen LogP contribution in [-0.4, -0.2) is 41.8 Å². The van der Waals surface area contributed by atoms with Crippen molar-refractivity contribution in [2.45, 2.75) is 19.4 Å². The molecule has 2 aliphatic rings. The third-order valence-electron chi connectivity index (χ3n) is 2.88. The van der Waals surface area contributed by atoms with Crippen molar-refractivity contribution in [1.29, 1.82) is 0 Å². The highest BCUT2D eigenvalue weighted by Crippen LogP contribution is 2.35. The Morgan fingerprint density at radius 3 is 2.64 bits per heavy atom. The Balaban J connectivity index is 0.000000605. The SMILES string of the molecule is C.NC[C@]1(O)CN2CC[C@@H]1C2. The third kappa shape index (κ3) is 1.17. The van der Waals surface area contributed by atoms with Crippen LogP contribution in [0.5, 0.6) is 0 Å². The van der Waals surface area contributed by atoms with Gasteiger partial charge < -0.3 is 15.7 Å². The Morgan fingerprint density at radius 2 is 2.36 bits per heavy atom. The number of aliphatic hydroxyl groups is 1. The normalized spacial score (nSPS) is 47.5. The average Bonchev–Trinajstić information content (AvgIpc) is 2.46. The van der Waals surface area contributed by atoms with E-state index in [1.165, 1.54) is 0 Å². The molecule has 2 heterocycles. The van der Waals surface area contributed by atoms with Gasteiger partial charge in [-0.15, -0.1) is 0 Å². The maximum atomic E-state index is 9.82. The van der Waals surface area contributed by atoms with Crippen LogP contribution in [0, 0.1) is 5.92 Å². The third-order valence-corrected chi connectivity index (χ3v) is 2.88. The van der Waals surface area contributed by atoms with Crippen LogP contribution in [0.15, 0.2) is 0 Å². The van der Waals surface area contributed by atoms with Crippen molar-refractivity contribution < 1.29 is 5.11 Å². The van der Waals surface area contributed by atoms with Crippen LogP contribution >= 0.6 is 0 Å². The Kier molecular flexibility index (Phi) is 2.23. The molecule has 3 nitrogen and oxygen atoms in total. The summed E-state index contributed by atoms with van der Waals surface area (Å²) in [5.74, 6) is 0.456. The van der Waals surface area contributed by atoms with E-state index in [2.05, 4.69) is 4.90 Å². The second-order valence-electron chi connectivity index (χ2n) is 3.53.